The zero-order valence-corrected chi connectivity index (χ0v) is 16.7. The van der Waals surface area contributed by atoms with E-state index in [-0.39, 0.29) is 5.91 Å². The van der Waals surface area contributed by atoms with E-state index in [2.05, 4.69) is 10.3 Å². The van der Waals surface area contributed by atoms with Crippen LogP contribution in [-0.2, 0) is 6.54 Å². The van der Waals surface area contributed by atoms with Gasteiger partial charge in [0, 0.05) is 43.7 Å². The van der Waals surface area contributed by atoms with Gasteiger partial charge in [0.25, 0.3) is 5.91 Å². The van der Waals surface area contributed by atoms with Crippen molar-refractivity contribution in [3.05, 3.63) is 59.5 Å². The summed E-state index contributed by atoms with van der Waals surface area (Å²) in [6.45, 7) is 6.53. The molecule has 146 valence electrons. The standard InChI is InChI=1S/C21H23N3O3S/c1-2-26-18-7-5-16(6-8-18)20-22-17(15-28-20)14-23-9-11-24(12-10-23)21(25)19-4-3-13-27-19/h3-8,13,15H,2,9-12,14H2,1H3. The van der Waals surface area contributed by atoms with Crippen LogP contribution < -0.4 is 4.74 Å². The fourth-order valence-electron chi connectivity index (χ4n) is 3.27. The Balaban J connectivity index is 1.32. The number of carbonyl (C=O) groups excluding carboxylic acids is 1. The number of carbonyl (C=O) groups is 1. The van der Waals surface area contributed by atoms with Crippen LogP contribution in [-0.4, -0.2) is 53.5 Å². The van der Waals surface area contributed by atoms with Crippen LogP contribution in [0.3, 0.4) is 0 Å². The van der Waals surface area contributed by atoms with Gasteiger partial charge in [-0.25, -0.2) is 4.98 Å². The fourth-order valence-corrected chi connectivity index (χ4v) is 4.08. The van der Waals surface area contributed by atoms with Crippen molar-refractivity contribution in [1.82, 2.24) is 14.8 Å². The second-order valence-electron chi connectivity index (χ2n) is 6.65. The summed E-state index contributed by atoms with van der Waals surface area (Å²) in [5.74, 6) is 1.26. The number of hydrogen-bond donors (Lipinski definition) is 0. The molecular formula is C21H23N3O3S. The number of furan rings is 1. The molecule has 0 saturated carbocycles. The second-order valence-corrected chi connectivity index (χ2v) is 7.51. The molecule has 1 aliphatic heterocycles. The van der Waals surface area contributed by atoms with Gasteiger partial charge in [-0.05, 0) is 43.3 Å². The highest BCUT2D eigenvalue weighted by Crippen LogP contribution is 2.26. The van der Waals surface area contributed by atoms with E-state index in [9.17, 15) is 4.79 Å². The van der Waals surface area contributed by atoms with E-state index in [0.717, 1.165) is 41.6 Å². The Morgan fingerprint density at radius 2 is 1.96 bits per heavy atom. The van der Waals surface area contributed by atoms with Gasteiger partial charge in [-0.2, -0.15) is 0 Å². The third kappa shape index (κ3) is 4.26. The Morgan fingerprint density at radius 3 is 2.64 bits per heavy atom. The smallest absolute Gasteiger partial charge is 0.289 e. The zero-order chi connectivity index (χ0) is 19.3. The number of hydrogen-bond acceptors (Lipinski definition) is 6. The molecule has 0 unspecified atom stereocenters. The molecule has 0 aliphatic carbocycles. The highest BCUT2D eigenvalue weighted by molar-refractivity contribution is 7.13. The Bertz CT molecular complexity index is 897. The van der Waals surface area contributed by atoms with E-state index < -0.39 is 0 Å². The number of aromatic nitrogens is 1. The van der Waals surface area contributed by atoms with Crippen molar-refractivity contribution in [2.24, 2.45) is 0 Å². The lowest BCUT2D eigenvalue weighted by atomic mass is 10.2. The van der Waals surface area contributed by atoms with Crippen LogP contribution >= 0.6 is 11.3 Å². The maximum Gasteiger partial charge on any atom is 0.289 e. The van der Waals surface area contributed by atoms with Crippen molar-refractivity contribution in [1.29, 1.82) is 0 Å². The Kier molecular flexibility index (Phi) is 5.73. The summed E-state index contributed by atoms with van der Waals surface area (Å²) in [4.78, 5) is 21.3. The molecule has 28 heavy (non-hydrogen) atoms. The van der Waals surface area contributed by atoms with Crippen molar-refractivity contribution in [2.45, 2.75) is 13.5 Å². The lowest BCUT2D eigenvalue weighted by Crippen LogP contribution is -2.48. The van der Waals surface area contributed by atoms with Crippen LogP contribution in [0.2, 0.25) is 0 Å². The molecule has 4 rings (SSSR count). The van der Waals surface area contributed by atoms with Gasteiger partial charge in [0.1, 0.15) is 10.8 Å². The number of ether oxygens (including phenoxy) is 1. The highest BCUT2D eigenvalue weighted by Gasteiger charge is 2.24. The normalized spacial score (nSPS) is 15.0. The van der Waals surface area contributed by atoms with Crippen molar-refractivity contribution in [2.75, 3.05) is 32.8 Å². The van der Waals surface area contributed by atoms with Crippen molar-refractivity contribution in [3.63, 3.8) is 0 Å². The van der Waals surface area contributed by atoms with Gasteiger partial charge >= 0.3 is 0 Å². The summed E-state index contributed by atoms with van der Waals surface area (Å²) < 4.78 is 10.7. The molecule has 0 N–H and O–H groups in total. The largest absolute Gasteiger partial charge is 0.494 e. The molecule has 3 aromatic rings. The van der Waals surface area contributed by atoms with E-state index in [1.807, 2.05) is 36.1 Å². The summed E-state index contributed by atoms with van der Waals surface area (Å²) in [5, 5.41) is 3.14. The first-order valence-corrected chi connectivity index (χ1v) is 10.3. The highest BCUT2D eigenvalue weighted by atomic mass is 32.1. The van der Waals surface area contributed by atoms with Crippen molar-refractivity contribution >= 4 is 17.2 Å². The van der Waals surface area contributed by atoms with Crippen molar-refractivity contribution in [3.8, 4) is 16.3 Å². The molecular weight excluding hydrogens is 374 g/mol. The summed E-state index contributed by atoms with van der Waals surface area (Å²) in [7, 11) is 0. The first-order chi connectivity index (χ1) is 13.7. The van der Waals surface area contributed by atoms with Crippen LogP contribution in [0.25, 0.3) is 10.6 Å². The first-order valence-electron chi connectivity index (χ1n) is 9.45. The van der Waals surface area contributed by atoms with Crippen molar-refractivity contribution < 1.29 is 13.9 Å². The fraction of sp³-hybridized carbons (Fsp3) is 0.333. The quantitative estimate of drug-likeness (QED) is 0.634. The molecule has 1 saturated heterocycles. The van der Waals surface area contributed by atoms with E-state index in [0.29, 0.717) is 25.5 Å². The number of rotatable bonds is 6. The maximum atomic E-state index is 12.3. The van der Waals surface area contributed by atoms with E-state index in [4.69, 9.17) is 14.1 Å². The molecule has 1 aliphatic rings. The lowest BCUT2D eigenvalue weighted by molar-refractivity contribution is 0.0596. The first kappa shape index (κ1) is 18.7. The molecule has 0 spiro atoms. The summed E-state index contributed by atoms with van der Waals surface area (Å²) in [6, 6.07) is 11.5. The molecule has 1 aromatic carbocycles. The van der Waals surface area contributed by atoms with Gasteiger partial charge in [0.2, 0.25) is 0 Å². The average molecular weight is 398 g/mol. The minimum Gasteiger partial charge on any atom is -0.494 e. The van der Waals surface area contributed by atoms with Crippen LogP contribution in [0.1, 0.15) is 23.2 Å². The van der Waals surface area contributed by atoms with Crippen LogP contribution in [0.5, 0.6) is 5.75 Å². The zero-order valence-electron chi connectivity index (χ0n) is 15.8. The third-order valence-electron chi connectivity index (χ3n) is 4.74. The Hall–Kier alpha value is -2.64. The van der Waals surface area contributed by atoms with Crippen LogP contribution in [0.4, 0.5) is 0 Å². The van der Waals surface area contributed by atoms with E-state index >= 15 is 0 Å². The average Bonchev–Trinajstić information content (AvgIpc) is 3.41. The van der Waals surface area contributed by atoms with Crippen LogP contribution in [0, 0.1) is 0 Å². The number of thiazole rings is 1. The molecule has 0 radical (unpaired) electrons. The van der Waals surface area contributed by atoms with Gasteiger partial charge in [-0.3, -0.25) is 9.69 Å². The monoisotopic (exact) mass is 397 g/mol. The van der Waals surface area contributed by atoms with Gasteiger partial charge in [0.15, 0.2) is 5.76 Å². The SMILES string of the molecule is CCOc1ccc(-c2nc(CN3CCN(C(=O)c4ccco4)CC3)cs2)cc1. The molecule has 2 aromatic heterocycles. The Morgan fingerprint density at radius 1 is 1.18 bits per heavy atom. The molecule has 0 atom stereocenters. The molecule has 6 nitrogen and oxygen atoms in total. The predicted molar refractivity (Wildman–Crippen MR) is 109 cm³/mol. The number of piperazine rings is 1. The van der Waals surface area contributed by atoms with Gasteiger partial charge < -0.3 is 14.1 Å². The summed E-state index contributed by atoms with van der Waals surface area (Å²) in [6.07, 6.45) is 1.54. The van der Waals surface area contributed by atoms with E-state index in [1.54, 1.807) is 23.5 Å². The Labute approximate surface area is 168 Å². The van der Waals surface area contributed by atoms with Gasteiger partial charge in [-0.1, -0.05) is 0 Å². The summed E-state index contributed by atoms with van der Waals surface area (Å²) >= 11 is 1.66. The number of benzene rings is 1. The number of amides is 1. The topological polar surface area (TPSA) is 58.8 Å². The minimum absolute atomic E-state index is 0.0314. The molecule has 1 amide bonds. The van der Waals surface area contributed by atoms with Crippen LogP contribution in [0.15, 0.2) is 52.5 Å². The molecule has 3 heterocycles. The second kappa shape index (κ2) is 8.58. The summed E-state index contributed by atoms with van der Waals surface area (Å²) in [5.41, 5.74) is 2.17. The van der Waals surface area contributed by atoms with Gasteiger partial charge in [0.05, 0.1) is 18.6 Å². The van der Waals surface area contributed by atoms with E-state index in [1.165, 1.54) is 6.26 Å². The molecule has 0 bridgehead atoms. The minimum atomic E-state index is -0.0314. The molecule has 7 heteroatoms. The number of nitrogens with zero attached hydrogens (tertiary/aromatic N) is 3. The lowest BCUT2D eigenvalue weighted by Gasteiger charge is -2.33. The molecule has 1 fully saturated rings. The third-order valence-corrected chi connectivity index (χ3v) is 5.68. The maximum absolute atomic E-state index is 12.3. The predicted octanol–water partition coefficient (Wildman–Crippen LogP) is 3.76. The van der Waals surface area contributed by atoms with Gasteiger partial charge in [-0.15, -0.1) is 11.3 Å².